The Morgan fingerprint density at radius 2 is 1.89 bits per heavy atom. The Balaban J connectivity index is 0.00000261. The Morgan fingerprint density at radius 3 is 2.59 bits per heavy atom. The highest BCUT2D eigenvalue weighted by Crippen LogP contribution is 2.29. The molecule has 0 spiro atoms. The molecule has 1 N–H and O–H groups in total. The molecule has 1 heterocycles. The van der Waals surface area contributed by atoms with E-state index in [1.807, 2.05) is 36.4 Å². The first-order valence-corrected chi connectivity index (χ1v) is 10.3. The topological polar surface area (TPSA) is 41.9 Å². The predicted molar refractivity (Wildman–Crippen MR) is 117 cm³/mol. The lowest BCUT2D eigenvalue weighted by molar-refractivity contribution is -0.0805. The van der Waals surface area contributed by atoms with E-state index in [1.165, 1.54) is 0 Å². The lowest BCUT2D eigenvalue weighted by Crippen LogP contribution is -2.49. The van der Waals surface area contributed by atoms with Gasteiger partial charge in [0.05, 0.1) is 17.2 Å². The van der Waals surface area contributed by atoms with Gasteiger partial charge in [0.25, 0.3) is 0 Å². The summed E-state index contributed by atoms with van der Waals surface area (Å²) >= 11 is 6.93. The van der Waals surface area contributed by atoms with Crippen molar-refractivity contribution in [2.75, 3.05) is 26.3 Å². The molecule has 3 unspecified atom stereocenters. The fourth-order valence-electron chi connectivity index (χ4n) is 3.19. The molecule has 1 aliphatic heterocycles. The van der Waals surface area contributed by atoms with Crippen LogP contribution in [0.15, 0.2) is 57.5 Å². The van der Waals surface area contributed by atoms with Gasteiger partial charge < -0.3 is 14.6 Å². The van der Waals surface area contributed by atoms with Gasteiger partial charge >= 0.3 is 0 Å². The zero-order chi connectivity index (χ0) is 18.5. The van der Waals surface area contributed by atoms with Crippen LogP contribution in [0.25, 0.3) is 0 Å². The molecule has 2 aromatic rings. The summed E-state index contributed by atoms with van der Waals surface area (Å²) in [7, 11) is 0. The molecule has 0 aliphatic carbocycles. The molecule has 0 bridgehead atoms. The lowest BCUT2D eigenvalue weighted by atomic mass is 10.0. The van der Waals surface area contributed by atoms with Crippen molar-refractivity contribution in [1.29, 1.82) is 0 Å². The summed E-state index contributed by atoms with van der Waals surface area (Å²) in [5, 5.41) is 10.4. The molecule has 1 saturated heterocycles. The van der Waals surface area contributed by atoms with Crippen LogP contribution in [0.1, 0.15) is 18.6 Å². The molecule has 0 saturated carbocycles. The van der Waals surface area contributed by atoms with E-state index in [1.54, 1.807) is 0 Å². The number of para-hydroxylation sites is 1. The van der Waals surface area contributed by atoms with Gasteiger partial charge in [-0.1, -0.05) is 40.2 Å². The van der Waals surface area contributed by atoms with E-state index in [2.05, 4.69) is 55.8 Å². The normalized spacial score (nSPS) is 21.3. The monoisotopic (exact) mass is 519 g/mol. The Bertz CT molecular complexity index is 717. The van der Waals surface area contributed by atoms with E-state index >= 15 is 0 Å². The smallest absolute Gasteiger partial charge is 0.133 e. The molecule has 0 amide bonds. The average Bonchev–Trinajstić information content (AvgIpc) is 2.64. The second kappa shape index (κ2) is 10.8. The van der Waals surface area contributed by atoms with E-state index in [0.29, 0.717) is 13.2 Å². The standard InChI is InChI=1S/C20H23Br2NO3.ClH/c1-14-20(15-6-8-16(21)9-7-15)25-11-10-23(14)12-17(24)13-26-19-5-3-2-4-18(19)22;/h2-9,14,17,20,24H,10-13H2,1H3;1H. The number of aliphatic hydroxyl groups is 1. The third kappa shape index (κ3) is 6.17. The number of halogens is 3. The highest BCUT2D eigenvalue weighted by Gasteiger charge is 2.31. The van der Waals surface area contributed by atoms with E-state index < -0.39 is 6.10 Å². The number of ether oxygens (including phenoxy) is 2. The number of benzene rings is 2. The third-order valence-corrected chi connectivity index (χ3v) is 5.79. The molecule has 148 valence electrons. The van der Waals surface area contributed by atoms with Crippen molar-refractivity contribution >= 4 is 44.3 Å². The van der Waals surface area contributed by atoms with Crippen molar-refractivity contribution in [2.45, 2.75) is 25.2 Å². The van der Waals surface area contributed by atoms with Crippen molar-refractivity contribution in [3.63, 3.8) is 0 Å². The minimum absolute atomic E-state index is 0. The fourth-order valence-corrected chi connectivity index (χ4v) is 3.85. The van der Waals surface area contributed by atoms with Gasteiger partial charge in [0.15, 0.2) is 0 Å². The summed E-state index contributed by atoms with van der Waals surface area (Å²) < 4.78 is 13.7. The first-order chi connectivity index (χ1) is 12.5. The number of β-amino-alcohol motifs (C(OH)–C–C–N with tert-alkyl or cyclic N) is 1. The molecule has 4 nitrogen and oxygen atoms in total. The zero-order valence-electron chi connectivity index (χ0n) is 15.1. The van der Waals surface area contributed by atoms with Crippen LogP contribution >= 0.6 is 44.3 Å². The summed E-state index contributed by atoms with van der Waals surface area (Å²) in [6.07, 6.45) is -0.554. The largest absolute Gasteiger partial charge is 0.490 e. The molecular weight excluding hydrogens is 497 g/mol. The fraction of sp³-hybridized carbons (Fsp3) is 0.400. The van der Waals surface area contributed by atoms with Crippen LogP contribution in [0.3, 0.4) is 0 Å². The quantitative estimate of drug-likeness (QED) is 0.591. The predicted octanol–water partition coefficient (Wildman–Crippen LogP) is 4.84. The summed E-state index contributed by atoms with van der Waals surface area (Å²) in [6, 6.07) is 16.1. The Morgan fingerprint density at radius 1 is 1.19 bits per heavy atom. The SMILES string of the molecule is CC1C(c2ccc(Br)cc2)OCCN1CC(O)COc1ccccc1Br.Cl. The number of aliphatic hydroxyl groups excluding tert-OH is 1. The van der Waals surface area contributed by atoms with Crippen molar-refractivity contribution in [2.24, 2.45) is 0 Å². The summed E-state index contributed by atoms with van der Waals surface area (Å²) in [5.41, 5.74) is 1.16. The second-order valence-corrected chi connectivity index (χ2v) is 8.24. The molecular formula is C20H24Br2ClNO3. The van der Waals surface area contributed by atoms with E-state index in [0.717, 1.165) is 26.8 Å². The maximum atomic E-state index is 10.4. The molecule has 1 fully saturated rings. The summed E-state index contributed by atoms with van der Waals surface area (Å²) in [6.45, 7) is 4.42. The molecule has 3 rings (SSSR count). The Kier molecular flexibility index (Phi) is 9.05. The number of hydrogen-bond donors (Lipinski definition) is 1. The van der Waals surface area contributed by atoms with Crippen LogP contribution in [0.5, 0.6) is 5.75 Å². The average molecular weight is 522 g/mol. The van der Waals surface area contributed by atoms with E-state index in [9.17, 15) is 5.11 Å². The molecule has 3 atom stereocenters. The van der Waals surface area contributed by atoms with Crippen LogP contribution in [-0.2, 0) is 4.74 Å². The third-order valence-electron chi connectivity index (χ3n) is 4.60. The van der Waals surface area contributed by atoms with Gasteiger partial charge in [0.1, 0.15) is 18.5 Å². The van der Waals surface area contributed by atoms with Gasteiger partial charge in [-0.2, -0.15) is 0 Å². The van der Waals surface area contributed by atoms with Crippen LogP contribution < -0.4 is 4.74 Å². The number of rotatable bonds is 6. The lowest BCUT2D eigenvalue weighted by Gasteiger charge is -2.40. The number of morpholine rings is 1. The van der Waals surface area contributed by atoms with Gasteiger partial charge in [-0.05, 0) is 52.7 Å². The molecule has 0 aromatic heterocycles. The van der Waals surface area contributed by atoms with Gasteiger partial charge in [-0.25, -0.2) is 0 Å². The molecule has 1 aliphatic rings. The number of nitrogens with zero attached hydrogens (tertiary/aromatic N) is 1. The van der Waals surface area contributed by atoms with Crippen molar-refractivity contribution in [3.8, 4) is 5.75 Å². The minimum Gasteiger partial charge on any atom is -0.490 e. The van der Waals surface area contributed by atoms with Crippen LogP contribution in [0.2, 0.25) is 0 Å². The highest BCUT2D eigenvalue weighted by atomic mass is 79.9. The molecule has 7 heteroatoms. The summed E-state index contributed by atoms with van der Waals surface area (Å²) in [5.74, 6) is 0.745. The second-order valence-electron chi connectivity index (χ2n) is 6.47. The van der Waals surface area contributed by atoms with Gasteiger partial charge in [0.2, 0.25) is 0 Å². The molecule has 27 heavy (non-hydrogen) atoms. The zero-order valence-corrected chi connectivity index (χ0v) is 19.0. The molecule has 2 aromatic carbocycles. The maximum absolute atomic E-state index is 10.4. The van der Waals surface area contributed by atoms with Crippen LogP contribution in [0.4, 0.5) is 0 Å². The Labute approximate surface area is 183 Å². The summed E-state index contributed by atoms with van der Waals surface area (Å²) in [4.78, 5) is 2.27. The maximum Gasteiger partial charge on any atom is 0.133 e. The van der Waals surface area contributed by atoms with Crippen LogP contribution in [-0.4, -0.2) is 48.5 Å². The van der Waals surface area contributed by atoms with Crippen molar-refractivity contribution in [1.82, 2.24) is 4.90 Å². The number of hydrogen-bond acceptors (Lipinski definition) is 4. The van der Waals surface area contributed by atoms with E-state index in [-0.39, 0.29) is 31.2 Å². The molecule has 0 radical (unpaired) electrons. The minimum atomic E-state index is -0.562. The van der Waals surface area contributed by atoms with Gasteiger partial charge in [0, 0.05) is 23.6 Å². The first kappa shape index (κ1) is 22.7. The van der Waals surface area contributed by atoms with Crippen molar-refractivity contribution < 1.29 is 14.6 Å². The van der Waals surface area contributed by atoms with Crippen molar-refractivity contribution in [3.05, 3.63) is 63.0 Å². The first-order valence-electron chi connectivity index (χ1n) is 8.71. The van der Waals surface area contributed by atoms with Crippen LogP contribution in [0, 0.1) is 0 Å². The highest BCUT2D eigenvalue weighted by molar-refractivity contribution is 9.10. The van der Waals surface area contributed by atoms with Gasteiger partial charge in [-0.3, -0.25) is 4.90 Å². The Hall–Kier alpha value is -0.630. The van der Waals surface area contributed by atoms with E-state index in [4.69, 9.17) is 9.47 Å². The van der Waals surface area contributed by atoms with Gasteiger partial charge in [-0.15, -0.1) is 12.4 Å².